The van der Waals surface area contributed by atoms with E-state index in [1.54, 1.807) is 0 Å². The van der Waals surface area contributed by atoms with Crippen LogP contribution in [0.4, 0.5) is 4.79 Å². The molecule has 2 aromatic rings. The molecule has 0 aromatic heterocycles. The number of primary amides is 1. The summed E-state index contributed by atoms with van der Waals surface area (Å²) < 4.78 is 10.8. The third kappa shape index (κ3) is 5.06. The molecule has 3 aliphatic heterocycles. The Hall–Kier alpha value is -2.79. The minimum absolute atomic E-state index is 0.0586. The number of fused-ring (bicyclic) bond motifs is 4. The lowest BCUT2D eigenvalue weighted by Gasteiger charge is -2.39. The Morgan fingerprint density at radius 3 is 2.38 bits per heavy atom. The molecule has 0 spiro atoms. The number of alkyl halides is 2. The van der Waals surface area contributed by atoms with Crippen LogP contribution in [0.15, 0.2) is 71.1 Å². The fraction of sp³-hybridized carbons (Fsp3) is 0.345. The number of amides is 1. The van der Waals surface area contributed by atoms with Crippen LogP contribution in [0.25, 0.3) is 0 Å². The zero-order valence-electron chi connectivity index (χ0n) is 22.6. The van der Waals surface area contributed by atoms with E-state index in [9.17, 15) is 14.4 Å². The van der Waals surface area contributed by atoms with E-state index < -0.39 is 28.4 Å². The Morgan fingerprint density at radius 2 is 1.79 bits per heavy atom. The number of nitrogens with one attached hydrogen (secondary N) is 1. The van der Waals surface area contributed by atoms with Gasteiger partial charge in [0.15, 0.2) is 5.72 Å². The predicted molar refractivity (Wildman–Crippen MR) is 160 cm³/mol. The maximum atomic E-state index is 12.8. The average Bonchev–Trinajstić information content (AvgIpc) is 3.57. The van der Waals surface area contributed by atoms with Gasteiger partial charge in [0.2, 0.25) is 11.6 Å². The summed E-state index contributed by atoms with van der Waals surface area (Å²) >= 11 is 24.3. The highest BCUT2D eigenvalue weighted by atomic mass is 35.5. The van der Waals surface area contributed by atoms with Crippen LogP contribution in [-0.4, -0.2) is 65.5 Å². The van der Waals surface area contributed by atoms with Gasteiger partial charge in [-0.15, -0.1) is 23.2 Å². The molecule has 2 aromatic carbocycles. The second-order valence-corrected chi connectivity index (χ2v) is 12.4. The number of rotatable bonds is 6. The van der Waals surface area contributed by atoms with E-state index >= 15 is 0 Å². The lowest BCUT2D eigenvalue weighted by molar-refractivity contribution is -0.137. The minimum Gasteiger partial charge on any atom is -0.449 e. The summed E-state index contributed by atoms with van der Waals surface area (Å²) in [7, 11) is 1.52. The van der Waals surface area contributed by atoms with E-state index in [4.69, 9.17) is 67.3 Å². The normalized spacial score (nSPS) is 26.5. The van der Waals surface area contributed by atoms with Crippen molar-refractivity contribution in [2.75, 3.05) is 20.3 Å². The van der Waals surface area contributed by atoms with E-state index in [0.29, 0.717) is 22.3 Å². The number of nitrogens with two attached hydrogens (primary N) is 2. The smallest absolute Gasteiger partial charge is 0.404 e. The Balaban J connectivity index is 0.000000176. The van der Waals surface area contributed by atoms with Crippen molar-refractivity contribution >= 4 is 64.1 Å². The molecule has 222 valence electrons. The standard InChI is InChI=1S/C15H18N4O5.C14H10Cl4/c1-5-9(16)12(21)8-6(4-24-14(17)22)15(23-2)13-7(18-13)3-19(15)10(8)11(5)20;15-10-7-5-9(6-8-10)13(14(17)18)11-3-1-2-4-12(11)16/h6-7,13,18H,3-4,16H2,1-2H3,(H2,17,22);1-8,13-14H/t6-,7+,13+,15-;/m1./s1. The molecule has 2 fully saturated rings. The number of carbonyl (C=O) groups is 3. The van der Waals surface area contributed by atoms with Crippen molar-refractivity contribution in [3.05, 3.63) is 92.2 Å². The molecule has 9 nitrogen and oxygen atoms in total. The van der Waals surface area contributed by atoms with Crippen LogP contribution in [0.2, 0.25) is 10.0 Å². The van der Waals surface area contributed by atoms with Crippen LogP contribution >= 0.6 is 46.4 Å². The van der Waals surface area contributed by atoms with Gasteiger partial charge in [-0.25, -0.2) is 4.79 Å². The summed E-state index contributed by atoms with van der Waals surface area (Å²) in [5.41, 5.74) is 12.6. The lowest BCUT2D eigenvalue weighted by atomic mass is 9.82. The second-order valence-electron chi connectivity index (χ2n) is 10.3. The summed E-state index contributed by atoms with van der Waals surface area (Å²) in [5.74, 6) is -1.51. The van der Waals surface area contributed by atoms with E-state index in [1.807, 2.05) is 53.4 Å². The van der Waals surface area contributed by atoms with Gasteiger partial charge in [0.25, 0.3) is 0 Å². The number of allylic oxidation sites excluding steroid dienone is 2. The highest BCUT2D eigenvalue weighted by Crippen LogP contribution is 2.55. The number of ether oxygens (including phenoxy) is 2. The van der Waals surface area contributed by atoms with Crippen LogP contribution in [0.1, 0.15) is 24.0 Å². The van der Waals surface area contributed by atoms with Crippen molar-refractivity contribution in [2.24, 2.45) is 17.4 Å². The molecule has 2 saturated heterocycles. The Morgan fingerprint density at radius 1 is 1.12 bits per heavy atom. The first-order chi connectivity index (χ1) is 19.9. The average molecular weight is 654 g/mol. The predicted octanol–water partition coefficient (Wildman–Crippen LogP) is 4.28. The first-order valence-corrected chi connectivity index (χ1v) is 14.7. The summed E-state index contributed by atoms with van der Waals surface area (Å²) in [6.45, 7) is 1.92. The third-order valence-electron chi connectivity index (χ3n) is 8.20. The largest absolute Gasteiger partial charge is 0.449 e. The van der Waals surface area contributed by atoms with E-state index in [1.165, 1.54) is 14.0 Å². The van der Waals surface area contributed by atoms with Gasteiger partial charge in [0.1, 0.15) is 11.4 Å². The number of hydrogen-bond acceptors (Lipinski definition) is 8. The number of hydrogen-bond donors (Lipinski definition) is 3. The first-order valence-electron chi connectivity index (χ1n) is 13.0. The Kier molecular flexibility index (Phi) is 8.55. The highest BCUT2D eigenvalue weighted by molar-refractivity contribution is 6.45. The Labute approximate surface area is 262 Å². The number of piperazine rings is 1. The van der Waals surface area contributed by atoms with Crippen LogP contribution in [0.3, 0.4) is 0 Å². The summed E-state index contributed by atoms with van der Waals surface area (Å²) in [4.78, 5) is 37.9. The van der Waals surface area contributed by atoms with Crippen LogP contribution in [-0.2, 0) is 19.1 Å². The maximum absolute atomic E-state index is 12.8. The number of ketones is 2. The number of Topliss-reactive ketones (excluding diaryl/α,β-unsaturated/α-hetero) is 2. The van der Waals surface area contributed by atoms with Crippen molar-refractivity contribution < 1.29 is 23.9 Å². The van der Waals surface area contributed by atoms with Gasteiger partial charge in [0.05, 0.1) is 23.4 Å². The maximum Gasteiger partial charge on any atom is 0.404 e. The molecule has 1 unspecified atom stereocenters. The molecule has 3 heterocycles. The summed E-state index contributed by atoms with van der Waals surface area (Å²) in [6.07, 6.45) is -0.950. The first kappa shape index (κ1) is 30.7. The zero-order chi connectivity index (χ0) is 30.5. The summed E-state index contributed by atoms with van der Waals surface area (Å²) in [6, 6.07) is 15.1. The van der Waals surface area contributed by atoms with Gasteiger partial charge < -0.3 is 31.2 Å². The molecule has 0 bridgehead atoms. The molecular formula is C29H28Cl4N4O5. The van der Waals surface area contributed by atoms with Crippen LogP contribution in [0, 0.1) is 5.92 Å². The SMILES string of the molecule is CO[C@@]12[C@H](COC(N)=O)C3=C(C(=O)C(C)=C(N)C3=O)N1C[C@@H]1N[C@@H]12.Clc1ccc(C(c2ccccc2Cl)C(Cl)Cl)cc1. The fourth-order valence-electron chi connectivity index (χ4n) is 6.17. The topological polar surface area (TPSA) is 147 Å². The molecule has 6 rings (SSSR count). The van der Waals surface area contributed by atoms with Crippen LogP contribution in [0.5, 0.6) is 0 Å². The van der Waals surface area contributed by atoms with Gasteiger partial charge in [-0.2, -0.15) is 0 Å². The van der Waals surface area contributed by atoms with E-state index in [2.05, 4.69) is 5.32 Å². The molecular weight excluding hydrogens is 626 g/mol. The molecule has 13 heteroatoms. The Bertz CT molecular complexity index is 1510. The van der Waals surface area contributed by atoms with Crippen molar-refractivity contribution in [3.8, 4) is 0 Å². The van der Waals surface area contributed by atoms with Gasteiger partial charge in [-0.1, -0.05) is 53.5 Å². The van der Waals surface area contributed by atoms with E-state index in [-0.39, 0.29) is 47.2 Å². The summed E-state index contributed by atoms with van der Waals surface area (Å²) in [5, 5.41) is 4.61. The number of benzene rings is 2. The molecule has 5 atom stereocenters. The molecule has 0 saturated carbocycles. The molecule has 4 aliphatic rings. The third-order valence-corrected chi connectivity index (χ3v) is 9.30. The number of carbonyl (C=O) groups excluding carboxylic acids is 3. The quantitative estimate of drug-likeness (QED) is 0.238. The van der Waals surface area contributed by atoms with Crippen molar-refractivity contribution in [3.63, 3.8) is 0 Å². The molecule has 1 amide bonds. The molecule has 42 heavy (non-hydrogen) atoms. The minimum atomic E-state index is -0.957. The molecule has 0 radical (unpaired) electrons. The van der Waals surface area contributed by atoms with Gasteiger partial charge in [0, 0.05) is 46.8 Å². The second kappa shape index (κ2) is 11.7. The highest BCUT2D eigenvalue weighted by Gasteiger charge is 2.72. The van der Waals surface area contributed by atoms with Crippen molar-refractivity contribution in [1.29, 1.82) is 0 Å². The number of methoxy groups -OCH3 is 1. The zero-order valence-corrected chi connectivity index (χ0v) is 25.6. The van der Waals surface area contributed by atoms with Gasteiger partial charge in [-0.3, -0.25) is 9.59 Å². The van der Waals surface area contributed by atoms with E-state index in [0.717, 1.165) is 11.1 Å². The van der Waals surface area contributed by atoms with Crippen molar-refractivity contribution in [1.82, 2.24) is 10.2 Å². The van der Waals surface area contributed by atoms with Crippen LogP contribution < -0.4 is 16.8 Å². The monoisotopic (exact) mass is 652 g/mol. The molecule has 1 aliphatic carbocycles. The fourth-order valence-corrected chi connectivity index (χ4v) is 7.11. The van der Waals surface area contributed by atoms with Gasteiger partial charge in [-0.05, 0) is 36.2 Å². The lowest BCUT2D eigenvalue weighted by Crippen LogP contribution is -2.55. The van der Waals surface area contributed by atoms with Gasteiger partial charge >= 0.3 is 6.09 Å². The number of nitrogens with zero attached hydrogens (tertiary/aromatic N) is 1. The van der Waals surface area contributed by atoms with Crippen molar-refractivity contribution in [2.45, 2.75) is 35.5 Å². The number of halogens is 4. The molecule has 5 N–H and O–H groups in total.